The Labute approximate surface area is 119 Å². The lowest BCUT2D eigenvalue weighted by molar-refractivity contribution is -0.139. The average molecular weight is 305 g/mol. The highest BCUT2D eigenvalue weighted by atomic mass is 32.2. The summed E-state index contributed by atoms with van der Waals surface area (Å²) in [7, 11) is 3.58. The van der Waals surface area contributed by atoms with Crippen molar-refractivity contribution in [3.05, 3.63) is 41.7 Å². The molecule has 0 heterocycles. The number of thioether (sulfide) groups is 2. The van der Waals surface area contributed by atoms with Gasteiger partial charge in [0.2, 0.25) is 0 Å². The summed E-state index contributed by atoms with van der Waals surface area (Å²) in [6.45, 7) is 7.02. The quantitative estimate of drug-likeness (QED) is 0.685. The van der Waals surface area contributed by atoms with Gasteiger partial charge >= 0.3 is 6.18 Å². The van der Waals surface area contributed by atoms with E-state index < -0.39 is 11.7 Å². The second kappa shape index (κ2) is 6.43. The Bertz CT molecular complexity index is 482. The van der Waals surface area contributed by atoms with E-state index in [2.05, 4.69) is 13.2 Å². The maximum atomic E-state index is 13.0. The molecule has 0 amide bonds. The zero-order chi connectivity index (χ0) is 14.6. The van der Waals surface area contributed by atoms with Crippen LogP contribution in [0.5, 0.6) is 0 Å². The fraction of sp³-hybridized carbons (Fsp3) is 0.231. The summed E-state index contributed by atoms with van der Waals surface area (Å²) in [6.07, 6.45) is -4.38. The molecule has 104 valence electrons. The molecule has 1 nitrogen and oxygen atoms in total. The van der Waals surface area contributed by atoms with Gasteiger partial charge in [0.05, 0.1) is 11.3 Å². The van der Waals surface area contributed by atoms with Crippen LogP contribution >= 0.6 is 23.5 Å². The molecule has 0 aliphatic heterocycles. The van der Waals surface area contributed by atoms with Crippen LogP contribution in [0.4, 0.5) is 18.9 Å². The molecule has 0 fully saturated rings. The minimum Gasteiger partial charge on any atom is -0.377 e. The van der Waals surface area contributed by atoms with Crippen LogP contribution < -0.4 is 4.90 Å². The molecule has 0 atom stereocenters. The van der Waals surface area contributed by atoms with Crippen molar-refractivity contribution in [3.8, 4) is 0 Å². The average Bonchev–Trinajstić information content (AvgIpc) is 2.29. The van der Waals surface area contributed by atoms with Crippen LogP contribution in [-0.2, 0) is 6.18 Å². The Morgan fingerprint density at radius 3 is 2.00 bits per heavy atom. The van der Waals surface area contributed by atoms with Gasteiger partial charge in [0.15, 0.2) is 0 Å². The third-order valence-corrected chi connectivity index (χ3v) is 3.77. The van der Waals surface area contributed by atoms with Gasteiger partial charge in [-0.1, -0.05) is 36.7 Å². The van der Waals surface area contributed by atoms with E-state index in [-0.39, 0.29) is 4.90 Å². The van der Waals surface area contributed by atoms with Crippen molar-refractivity contribution in [2.24, 2.45) is 0 Å². The van der Waals surface area contributed by atoms with E-state index in [0.717, 1.165) is 23.5 Å². The second-order valence-electron chi connectivity index (χ2n) is 3.78. The summed E-state index contributed by atoms with van der Waals surface area (Å²) in [5.41, 5.74) is 0.0783. The van der Waals surface area contributed by atoms with Crippen LogP contribution in [0.15, 0.2) is 45.9 Å². The topological polar surface area (TPSA) is 3.24 Å². The number of anilines is 1. The summed E-state index contributed by atoms with van der Waals surface area (Å²) < 4.78 is 39.1. The van der Waals surface area contributed by atoms with Crippen molar-refractivity contribution >= 4 is 29.2 Å². The van der Waals surface area contributed by atoms with E-state index in [1.807, 2.05) is 0 Å². The van der Waals surface area contributed by atoms with E-state index >= 15 is 0 Å². The first-order chi connectivity index (χ1) is 8.81. The number of benzene rings is 1. The van der Waals surface area contributed by atoms with Crippen LogP contribution in [0.2, 0.25) is 0 Å². The van der Waals surface area contributed by atoms with Gasteiger partial charge in [0, 0.05) is 23.9 Å². The van der Waals surface area contributed by atoms with Crippen LogP contribution in [0.3, 0.4) is 0 Å². The lowest BCUT2D eigenvalue weighted by Crippen LogP contribution is -2.13. The highest BCUT2D eigenvalue weighted by Gasteiger charge is 2.34. The molecular weight excluding hydrogens is 291 g/mol. The molecule has 0 radical (unpaired) electrons. The number of halogens is 3. The summed E-state index contributed by atoms with van der Waals surface area (Å²) in [6, 6.07) is 2.69. The van der Waals surface area contributed by atoms with Crippen molar-refractivity contribution < 1.29 is 13.2 Å². The van der Waals surface area contributed by atoms with Gasteiger partial charge < -0.3 is 4.90 Å². The summed E-state index contributed by atoms with van der Waals surface area (Å²) in [4.78, 5) is 2.46. The molecule has 0 saturated carbocycles. The maximum absolute atomic E-state index is 13.0. The van der Waals surface area contributed by atoms with Gasteiger partial charge in [0.25, 0.3) is 0 Å². The zero-order valence-corrected chi connectivity index (χ0v) is 12.3. The maximum Gasteiger partial charge on any atom is 0.417 e. The fourth-order valence-electron chi connectivity index (χ4n) is 1.49. The Hall–Kier alpha value is -1.01. The SMILES string of the molecule is C=CSc1cc(C(F)(F)F)c(SC=C)cc1N(C)C. The number of hydrogen-bond acceptors (Lipinski definition) is 3. The lowest BCUT2D eigenvalue weighted by Gasteiger charge is -2.20. The molecule has 0 aromatic heterocycles. The minimum atomic E-state index is -4.38. The Morgan fingerprint density at radius 2 is 1.58 bits per heavy atom. The minimum absolute atomic E-state index is 0.152. The highest BCUT2D eigenvalue weighted by Crippen LogP contribution is 2.43. The monoisotopic (exact) mass is 305 g/mol. The van der Waals surface area contributed by atoms with E-state index in [4.69, 9.17) is 0 Å². The third-order valence-electron chi connectivity index (χ3n) is 2.27. The molecule has 1 aromatic carbocycles. The van der Waals surface area contributed by atoms with Gasteiger partial charge in [-0.05, 0) is 22.9 Å². The standard InChI is InChI=1S/C13H14F3NS2/c1-5-18-11-8-10(17(3)4)12(19-6-2)7-9(11)13(14,15)16/h5-8H,1-2H2,3-4H3. The molecule has 0 spiro atoms. The first-order valence-corrected chi connectivity index (χ1v) is 7.05. The smallest absolute Gasteiger partial charge is 0.377 e. The summed E-state index contributed by atoms with van der Waals surface area (Å²) in [5.74, 6) is 0. The normalized spacial score (nSPS) is 11.2. The van der Waals surface area contributed by atoms with Crippen molar-refractivity contribution in [1.29, 1.82) is 0 Å². The van der Waals surface area contributed by atoms with Crippen LogP contribution in [0.1, 0.15) is 5.56 Å². The lowest BCUT2D eigenvalue weighted by atomic mass is 10.2. The predicted molar refractivity (Wildman–Crippen MR) is 77.9 cm³/mol. The molecule has 0 unspecified atom stereocenters. The summed E-state index contributed by atoms with van der Waals surface area (Å²) >= 11 is 2.14. The second-order valence-corrected chi connectivity index (χ2v) is 5.80. The Balaban J connectivity index is 3.49. The van der Waals surface area contributed by atoms with Gasteiger partial charge in [-0.15, -0.1) is 0 Å². The van der Waals surface area contributed by atoms with Gasteiger partial charge in [-0.2, -0.15) is 13.2 Å². The van der Waals surface area contributed by atoms with Crippen LogP contribution in [0.25, 0.3) is 0 Å². The van der Waals surface area contributed by atoms with E-state index in [0.29, 0.717) is 4.90 Å². The van der Waals surface area contributed by atoms with Crippen molar-refractivity contribution in [1.82, 2.24) is 0 Å². The largest absolute Gasteiger partial charge is 0.417 e. The molecular formula is C13H14F3NS2. The fourth-order valence-corrected chi connectivity index (χ4v) is 2.88. The van der Waals surface area contributed by atoms with E-state index in [9.17, 15) is 13.2 Å². The molecule has 0 saturated heterocycles. The zero-order valence-electron chi connectivity index (χ0n) is 10.6. The molecule has 1 aromatic rings. The molecule has 0 N–H and O–H groups in total. The Morgan fingerprint density at radius 1 is 1.05 bits per heavy atom. The van der Waals surface area contributed by atoms with Crippen LogP contribution in [0, 0.1) is 0 Å². The number of hydrogen-bond donors (Lipinski definition) is 0. The number of nitrogens with zero attached hydrogens (tertiary/aromatic N) is 1. The van der Waals surface area contributed by atoms with Crippen LogP contribution in [-0.4, -0.2) is 14.1 Å². The van der Waals surface area contributed by atoms with Gasteiger partial charge in [-0.3, -0.25) is 0 Å². The van der Waals surface area contributed by atoms with E-state index in [1.54, 1.807) is 19.0 Å². The molecule has 0 aliphatic rings. The molecule has 1 rings (SSSR count). The number of alkyl halides is 3. The van der Waals surface area contributed by atoms with Gasteiger partial charge in [-0.25, -0.2) is 0 Å². The number of rotatable bonds is 5. The van der Waals surface area contributed by atoms with Crippen molar-refractivity contribution in [3.63, 3.8) is 0 Å². The van der Waals surface area contributed by atoms with Crippen molar-refractivity contribution in [2.45, 2.75) is 16.0 Å². The molecule has 0 bridgehead atoms. The summed E-state index contributed by atoms with van der Waals surface area (Å²) in [5, 5.41) is 2.91. The first-order valence-electron chi connectivity index (χ1n) is 5.29. The molecule has 6 heteroatoms. The van der Waals surface area contributed by atoms with Gasteiger partial charge in [0.1, 0.15) is 0 Å². The molecule has 19 heavy (non-hydrogen) atoms. The molecule has 0 aliphatic carbocycles. The van der Waals surface area contributed by atoms with E-state index in [1.165, 1.54) is 28.6 Å². The predicted octanol–water partition coefficient (Wildman–Crippen LogP) is 5.24. The first kappa shape index (κ1) is 16.0. The Kier molecular flexibility index (Phi) is 5.43. The highest BCUT2D eigenvalue weighted by molar-refractivity contribution is 8.02. The van der Waals surface area contributed by atoms with Crippen molar-refractivity contribution in [2.75, 3.05) is 19.0 Å². The third kappa shape index (κ3) is 3.98.